The van der Waals surface area contributed by atoms with E-state index in [0.29, 0.717) is 18.2 Å². The smallest absolute Gasteiger partial charge is 0.322 e. The number of nitrogens with zero attached hydrogens (tertiary/aromatic N) is 4. The first-order valence-electron chi connectivity index (χ1n) is 10.2. The van der Waals surface area contributed by atoms with Crippen LogP contribution in [0.25, 0.3) is 11.0 Å². The van der Waals surface area contributed by atoms with Gasteiger partial charge in [-0.2, -0.15) is 0 Å². The molecule has 1 fully saturated rings. The molecule has 8 heteroatoms. The van der Waals surface area contributed by atoms with Crippen LogP contribution in [0.1, 0.15) is 11.1 Å². The third-order valence-corrected chi connectivity index (χ3v) is 5.36. The number of aromatic nitrogens is 4. The second-order valence-electron chi connectivity index (χ2n) is 7.71. The minimum absolute atomic E-state index is 0.108. The Labute approximate surface area is 178 Å². The molecular weight excluding hydrogens is 397 g/mol. The summed E-state index contributed by atoms with van der Waals surface area (Å²) in [5.74, 6) is 1.53. The predicted octanol–water partition coefficient (Wildman–Crippen LogP) is 4.10. The van der Waals surface area contributed by atoms with Gasteiger partial charge in [-0.25, -0.2) is 19.3 Å². The number of anilines is 1. The second kappa shape index (κ2) is 8.31. The molecule has 0 radical (unpaired) electrons. The number of imidazole rings is 1. The van der Waals surface area contributed by atoms with E-state index >= 15 is 0 Å². The first-order chi connectivity index (χ1) is 15.1. The van der Waals surface area contributed by atoms with Gasteiger partial charge < -0.3 is 19.4 Å². The molecule has 0 unspecified atom stereocenters. The number of aryl methyl sites for hydroxylation is 1. The number of ether oxygens (including phenoxy) is 2. The number of rotatable bonds is 7. The monoisotopic (exact) mass is 419 g/mol. The van der Waals surface area contributed by atoms with Crippen LogP contribution >= 0.6 is 0 Å². The quantitative estimate of drug-likeness (QED) is 0.486. The Morgan fingerprint density at radius 2 is 1.84 bits per heavy atom. The van der Waals surface area contributed by atoms with Crippen LogP contribution < -0.4 is 10.1 Å². The Kier molecular flexibility index (Phi) is 5.21. The summed E-state index contributed by atoms with van der Waals surface area (Å²) < 4.78 is 25.8. The van der Waals surface area contributed by atoms with Gasteiger partial charge in [0.25, 0.3) is 0 Å². The molecule has 0 spiro atoms. The first kappa shape index (κ1) is 19.4. The summed E-state index contributed by atoms with van der Waals surface area (Å²) in [6.45, 7) is 2.34. The van der Waals surface area contributed by atoms with Crippen molar-refractivity contribution in [3.63, 3.8) is 0 Å². The Bertz CT molecular complexity index is 1190. The van der Waals surface area contributed by atoms with Gasteiger partial charge in [-0.3, -0.25) is 0 Å². The van der Waals surface area contributed by atoms with Crippen molar-refractivity contribution in [2.45, 2.75) is 13.0 Å². The molecule has 1 saturated heterocycles. The Morgan fingerprint density at radius 1 is 1.10 bits per heavy atom. The highest BCUT2D eigenvalue weighted by atomic mass is 19.1. The maximum absolute atomic E-state index is 12.9. The third kappa shape index (κ3) is 4.34. The van der Waals surface area contributed by atoms with Gasteiger partial charge in [0.2, 0.25) is 5.95 Å². The molecule has 158 valence electrons. The van der Waals surface area contributed by atoms with Gasteiger partial charge in [-0.1, -0.05) is 18.2 Å². The number of hydrogen-bond donors (Lipinski definition) is 1. The van der Waals surface area contributed by atoms with E-state index in [2.05, 4.69) is 38.1 Å². The van der Waals surface area contributed by atoms with E-state index in [1.807, 2.05) is 31.3 Å². The molecule has 1 aliphatic heterocycles. The first-order valence-corrected chi connectivity index (χ1v) is 10.2. The molecule has 3 heterocycles. The summed E-state index contributed by atoms with van der Waals surface area (Å²) in [5.41, 5.74) is 4.48. The van der Waals surface area contributed by atoms with Crippen molar-refractivity contribution in [1.29, 1.82) is 0 Å². The van der Waals surface area contributed by atoms with Crippen LogP contribution in [0.5, 0.6) is 11.8 Å². The predicted molar refractivity (Wildman–Crippen MR) is 115 cm³/mol. The van der Waals surface area contributed by atoms with Crippen molar-refractivity contribution >= 4 is 17.0 Å². The molecular formula is C23H22FN5O2. The van der Waals surface area contributed by atoms with E-state index in [1.54, 1.807) is 0 Å². The summed E-state index contributed by atoms with van der Waals surface area (Å²) in [4.78, 5) is 12.3. The maximum atomic E-state index is 12.9. The number of hydrogen-bond acceptors (Lipinski definition) is 6. The zero-order valence-electron chi connectivity index (χ0n) is 17.1. The zero-order valence-corrected chi connectivity index (χ0v) is 17.1. The van der Waals surface area contributed by atoms with Gasteiger partial charge in [-0.05, 0) is 41.8 Å². The molecule has 2 aromatic heterocycles. The molecule has 0 atom stereocenters. The number of fused-ring (bicyclic) bond motifs is 1. The van der Waals surface area contributed by atoms with E-state index in [1.165, 1.54) is 5.56 Å². The molecule has 7 nitrogen and oxygen atoms in total. The lowest BCUT2D eigenvalue weighted by atomic mass is 9.98. The molecule has 0 amide bonds. The van der Waals surface area contributed by atoms with Gasteiger partial charge in [-0.15, -0.1) is 0 Å². The molecule has 0 aliphatic carbocycles. The normalized spacial score (nSPS) is 13.9. The van der Waals surface area contributed by atoms with E-state index < -0.39 is 5.82 Å². The largest absolute Gasteiger partial charge is 0.424 e. The molecule has 4 aromatic rings. The average Bonchev–Trinajstić information content (AvgIpc) is 3.07. The van der Waals surface area contributed by atoms with Gasteiger partial charge in [0.05, 0.1) is 36.6 Å². The van der Waals surface area contributed by atoms with Crippen LogP contribution in [0.3, 0.4) is 0 Å². The summed E-state index contributed by atoms with van der Waals surface area (Å²) in [6.07, 6.45) is 3.19. The Hall–Kier alpha value is -3.52. The van der Waals surface area contributed by atoms with Crippen LogP contribution in [-0.4, -0.2) is 32.7 Å². The summed E-state index contributed by atoms with van der Waals surface area (Å²) in [7, 11) is 2.02. The summed E-state index contributed by atoms with van der Waals surface area (Å²) in [6, 6.07) is 14.1. The third-order valence-electron chi connectivity index (χ3n) is 5.36. The van der Waals surface area contributed by atoms with E-state index in [0.717, 1.165) is 54.6 Å². The van der Waals surface area contributed by atoms with Crippen molar-refractivity contribution in [2.24, 2.45) is 13.0 Å². The SMILES string of the molecule is Cn1c(NCc2ccc(Oc3ncc(F)cn3)cc2)nc2ccc(CC3COC3)cc21. The lowest BCUT2D eigenvalue weighted by Crippen LogP contribution is -2.29. The fraction of sp³-hybridized carbons (Fsp3) is 0.261. The average molecular weight is 419 g/mol. The minimum Gasteiger partial charge on any atom is -0.424 e. The number of benzene rings is 2. The van der Waals surface area contributed by atoms with Crippen LogP contribution in [-0.2, 0) is 24.8 Å². The number of halogens is 1. The summed E-state index contributed by atoms with van der Waals surface area (Å²) in [5, 5.41) is 3.40. The highest BCUT2D eigenvalue weighted by molar-refractivity contribution is 5.79. The summed E-state index contributed by atoms with van der Waals surface area (Å²) >= 11 is 0. The lowest BCUT2D eigenvalue weighted by Gasteiger charge is -2.25. The topological polar surface area (TPSA) is 74.1 Å². The van der Waals surface area contributed by atoms with Crippen molar-refractivity contribution in [3.05, 3.63) is 71.8 Å². The fourth-order valence-electron chi connectivity index (χ4n) is 3.57. The van der Waals surface area contributed by atoms with Crippen molar-refractivity contribution in [1.82, 2.24) is 19.5 Å². The molecule has 2 aromatic carbocycles. The Morgan fingerprint density at radius 3 is 2.55 bits per heavy atom. The van der Waals surface area contributed by atoms with Crippen molar-refractivity contribution in [2.75, 3.05) is 18.5 Å². The van der Waals surface area contributed by atoms with E-state index in [-0.39, 0.29) is 6.01 Å². The fourth-order valence-corrected chi connectivity index (χ4v) is 3.57. The van der Waals surface area contributed by atoms with E-state index in [9.17, 15) is 4.39 Å². The van der Waals surface area contributed by atoms with Crippen molar-refractivity contribution < 1.29 is 13.9 Å². The van der Waals surface area contributed by atoms with E-state index in [4.69, 9.17) is 14.5 Å². The molecule has 31 heavy (non-hydrogen) atoms. The van der Waals surface area contributed by atoms with Gasteiger partial charge >= 0.3 is 6.01 Å². The van der Waals surface area contributed by atoms with Crippen LogP contribution in [0.4, 0.5) is 10.3 Å². The number of nitrogens with one attached hydrogen (secondary N) is 1. The minimum atomic E-state index is -0.500. The highest BCUT2D eigenvalue weighted by Gasteiger charge is 2.19. The van der Waals surface area contributed by atoms with Gasteiger partial charge in [0.1, 0.15) is 5.75 Å². The lowest BCUT2D eigenvalue weighted by molar-refractivity contribution is -0.0312. The molecule has 1 aliphatic rings. The maximum Gasteiger partial charge on any atom is 0.322 e. The van der Waals surface area contributed by atoms with Gasteiger partial charge in [0, 0.05) is 19.5 Å². The second-order valence-corrected chi connectivity index (χ2v) is 7.71. The van der Waals surface area contributed by atoms with Crippen molar-refractivity contribution in [3.8, 4) is 11.8 Å². The van der Waals surface area contributed by atoms with Gasteiger partial charge in [0.15, 0.2) is 5.82 Å². The Balaban J connectivity index is 1.23. The van der Waals surface area contributed by atoms with Crippen LogP contribution in [0, 0.1) is 11.7 Å². The van der Waals surface area contributed by atoms with Crippen LogP contribution in [0.2, 0.25) is 0 Å². The molecule has 5 rings (SSSR count). The molecule has 0 bridgehead atoms. The zero-order chi connectivity index (χ0) is 21.2. The molecule has 0 saturated carbocycles. The standard InChI is InChI=1S/C23H22FN5O2/c1-29-21-9-16(8-17-13-30-14-17)4-7-20(21)28-22(29)25-10-15-2-5-19(6-3-15)31-23-26-11-18(24)12-27-23/h2-7,9,11-12,17H,8,10,13-14H2,1H3,(H,25,28). The van der Waals surface area contributed by atoms with Crippen LogP contribution in [0.15, 0.2) is 54.9 Å². The molecule has 1 N–H and O–H groups in total. The highest BCUT2D eigenvalue weighted by Crippen LogP contribution is 2.24.